The van der Waals surface area contributed by atoms with E-state index in [1.807, 2.05) is 18.7 Å². The fourth-order valence-corrected chi connectivity index (χ4v) is 2.41. The molecule has 18 heavy (non-hydrogen) atoms. The van der Waals surface area contributed by atoms with Crippen molar-refractivity contribution in [3.63, 3.8) is 0 Å². The maximum atomic E-state index is 4.06. The summed E-state index contributed by atoms with van der Waals surface area (Å²) in [6, 6.07) is 8.70. The van der Waals surface area contributed by atoms with Gasteiger partial charge in [-0.05, 0) is 31.0 Å². The van der Waals surface area contributed by atoms with Crippen LogP contribution in [0.4, 0.5) is 0 Å². The number of rotatable bonds is 4. The van der Waals surface area contributed by atoms with Gasteiger partial charge in [-0.2, -0.15) is 0 Å². The zero-order valence-corrected chi connectivity index (χ0v) is 10.6. The average molecular weight is 239 g/mol. The Kier molecular flexibility index (Phi) is 2.89. The van der Waals surface area contributed by atoms with Gasteiger partial charge in [0.15, 0.2) is 0 Å². The summed E-state index contributed by atoms with van der Waals surface area (Å²) < 4.78 is 4.45. The molecule has 0 aliphatic heterocycles. The van der Waals surface area contributed by atoms with E-state index in [0.29, 0.717) is 0 Å². The van der Waals surface area contributed by atoms with Gasteiger partial charge in [0.1, 0.15) is 0 Å². The van der Waals surface area contributed by atoms with E-state index in [-0.39, 0.29) is 0 Å². The summed E-state index contributed by atoms with van der Waals surface area (Å²) in [6.45, 7) is 4.23. The van der Waals surface area contributed by atoms with E-state index in [9.17, 15) is 0 Å². The second-order valence-corrected chi connectivity index (χ2v) is 4.67. The van der Waals surface area contributed by atoms with Crippen molar-refractivity contribution in [2.24, 2.45) is 0 Å². The summed E-state index contributed by atoms with van der Waals surface area (Å²) in [4.78, 5) is 4.06. The monoisotopic (exact) mass is 239 g/mol. The number of aromatic nitrogens is 3. The van der Waals surface area contributed by atoms with E-state index in [4.69, 9.17) is 0 Å². The Labute approximate surface area is 107 Å². The molecule has 0 spiro atoms. The van der Waals surface area contributed by atoms with Gasteiger partial charge < -0.3 is 9.13 Å². The average Bonchev–Trinajstić information content (AvgIpc) is 3.00. The number of hydrogen-bond donors (Lipinski definition) is 0. The Hall–Kier alpha value is -2.03. The van der Waals surface area contributed by atoms with Gasteiger partial charge in [-0.3, -0.25) is 0 Å². The maximum Gasteiger partial charge on any atom is 0.0945 e. The van der Waals surface area contributed by atoms with Crippen LogP contribution in [0.25, 0.3) is 10.9 Å². The van der Waals surface area contributed by atoms with E-state index in [0.717, 1.165) is 19.5 Å². The van der Waals surface area contributed by atoms with Gasteiger partial charge in [-0.15, -0.1) is 0 Å². The molecule has 0 aliphatic rings. The third-order valence-corrected chi connectivity index (χ3v) is 3.41. The molecule has 0 radical (unpaired) electrons. The standard InChI is InChI=1S/C15H17N3/c1-13-4-2-5-15-14(13)6-10-18(15)9-3-8-17-11-7-16-12-17/h2,4-7,10-12H,3,8-9H2,1H3. The van der Waals surface area contributed by atoms with Crippen molar-refractivity contribution in [2.75, 3.05) is 0 Å². The van der Waals surface area contributed by atoms with Crippen LogP contribution < -0.4 is 0 Å². The summed E-state index contributed by atoms with van der Waals surface area (Å²) in [5.41, 5.74) is 2.68. The van der Waals surface area contributed by atoms with Crippen LogP contribution in [0, 0.1) is 6.92 Å². The lowest BCUT2D eigenvalue weighted by molar-refractivity contribution is 0.573. The molecule has 3 nitrogen and oxygen atoms in total. The quantitative estimate of drug-likeness (QED) is 0.685. The second-order valence-electron chi connectivity index (χ2n) is 4.67. The number of fused-ring (bicyclic) bond motifs is 1. The van der Waals surface area contributed by atoms with Crippen LogP contribution in [0.15, 0.2) is 49.2 Å². The Balaban J connectivity index is 1.73. The second kappa shape index (κ2) is 4.69. The lowest BCUT2D eigenvalue weighted by Crippen LogP contribution is -2.01. The van der Waals surface area contributed by atoms with E-state index < -0.39 is 0 Å². The molecule has 1 aromatic carbocycles. The fourth-order valence-electron chi connectivity index (χ4n) is 2.41. The molecule has 2 aromatic heterocycles. The van der Waals surface area contributed by atoms with Crippen molar-refractivity contribution in [1.82, 2.24) is 14.1 Å². The molecule has 3 rings (SSSR count). The first-order valence-electron chi connectivity index (χ1n) is 6.35. The molecule has 0 bridgehead atoms. The molecule has 0 N–H and O–H groups in total. The van der Waals surface area contributed by atoms with Gasteiger partial charge in [-0.1, -0.05) is 12.1 Å². The van der Waals surface area contributed by atoms with Gasteiger partial charge in [0, 0.05) is 42.6 Å². The van der Waals surface area contributed by atoms with E-state index >= 15 is 0 Å². The minimum absolute atomic E-state index is 1.02. The molecule has 0 unspecified atom stereocenters. The smallest absolute Gasteiger partial charge is 0.0945 e. The first-order chi connectivity index (χ1) is 8.84. The van der Waals surface area contributed by atoms with Gasteiger partial charge in [0.2, 0.25) is 0 Å². The maximum absolute atomic E-state index is 4.06. The first-order valence-corrected chi connectivity index (χ1v) is 6.35. The van der Waals surface area contributed by atoms with Crippen molar-refractivity contribution >= 4 is 10.9 Å². The van der Waals surface area contributed by atoms with Crippen LogP contribution in [-0.4, -0.2) is 14.1 Å². The number of nitrogens with zero attached hydrogens (tertiary/aromatic N) is 3. The Morgan fingerprint density at radius 3 is 2.89 bits per heavy atom. The summed E-state index contributed by atoms with van der Waals surface area (Å²) in [5, 5.41) is 1.36. The van der Waals surface area contributed by atoms with Crippen molar-refractivity contribution < 1.29 is 0 Å². The summed E-state index contributed by atoms with van der Waals surface area (Å²) in [5.74, 6) is 0. The Morgan fingerprint density at radius 2 is 2.06 bits per heavy atom. The summed E-state index contributed by atoms with van der Waals surface area (Å²) in [7, 11) is 0. The lowest BCUT2D eigenvalue weighted by atomic mass is 10.1. The number of hydrogen-bond acceptors (Lipinski definition) is 1. The molecule has 2 heterocycles. The van der Waals surface area contributed by atoms with E-state index in [1.165, 1.54) is 16.5 Å². The zero-order chi connectivity index (χ0) is 12.4. The highest BCUT2D eigenvalue weighted by molar-refractivity contribution is 5.83. The van der Waals surface area contributed by atoms with Crippen molar-refractivity contribution in [1.29, 1.82) is 0 Å². The topological polar surface area (TPSA) is 22.8 Å². The summed E-state index contributed by atoms with van der Waals surface area (Å²) >= 11 is 0. The molecule has 0 amide bonds. The normalized spacial score (nSPS) is 11.2. The molecular weight excluding hydrogens is 222 g/mol. The Bertz CT molecular complexity index is 635. The highest BCUT2D eigenvalue weighted by atomic mass is 15.0. The number of aryl methyl sites for hydroxylation is 3. The third kappa shape index (κ3) is 2.04. The SMILES string of the molecule is Cc1cccc2c1ccn2CCCn1ccnc1. The molecule has 92 valence electrons. The minimum atomic E-state index is 1.02. The molecule has 0 saturated heterocycles. The molecule has 3 aromatic rings. The van der Waals surface area contributed by atoms with Crippen molar-refractivity contribution in [2.45, 2.75) is 26.4 Å². The highest BCUT2D eigenvalue weighted by Crippen LogP contribution is 2.19. The van der Waals surface area contributed by atoms with Crippen molar-refractivity contribution in [3.05, 3.63) is 54.7 Å². The largest absolute Gasteiger partial charge is 0.347 e. The predicted octanol–water partition coefficient (Wildman–Crippen LogP) is 3.24. The van der Waals surface area contributed by atoms with Crippen LogP contribution in [-0.2, 0) is 13.1 Å². The molecular formula is C15H17N3. The highest BCUT2D eigenvalue weighted by Gasteiger charge is 2.02. The first kappa shape index (κ1) is 11.1. The van der Waals surface area contributed by atoms with Crippen LogP contribution in [0.2, 0.25) is 0 Å². The minimum Gasteiger partial charge on any atom is -0.347 e. The fraction of sp³-hybridized carbons (Fsp3) is 0.267. The number of benzene rings is 1. The number of imidazole rings is 1. The van der Waals surface area contributed by atoms with Gasteiger partial charge in [-0.25, -0.2) is 4.98 Å². The van der Waals surface area contributed by atoms with Crippen LogP contribution in [0.1, 0.15) is 12.0 Å². The van der Waals surface area contributed by atoms with Crippen LogP contribution in [0.3, 0.4) is 0 Å². The van der Waals surface area contributed by atoms with Gasteiger partial charge in [0.05, 0.1) is 6.33 Å². The van der Waals surface area contributed by atoms with Crippen LogP contribution in [0.5, 0.6) is 0 Å². The van der Waals surface area contributed by atoms with Gasteiger partial charge >= 0.3 is 0 Å². The Morgan fingerprint density at radius 1 is 1.11 bits per heavy atom. The van der Waals surface area contributed by atoms with E-state index in [2.05, 4.69) is 51.5 Å². The molecule has 0 saturated carbocycles. The third-order valence-electron chi connectivity index (χ3n) is 3.41. The van der Waals surface area contributed by atoms with E-state index in [1.54, 1.807) is 0 Å². The molecule has 0 aliphatic carbocycles. The molecule has 3 heteroatoms. The molecule has 0 atom stereocenters. The van der Waals surface area contributed by atoms with Crippen LogP contribution >= 0.6 is 0 Å². The lowest BCUT2D eigenvalue weighted by Gasteiger charge is -2.06. The summed E-state index contributed by atoms with van der Waals surface area (Å²) in [6.07, 6.45) is 9.02. The molecule has 0 fully saturated rings. The van der Waals surface area contributed by atoms with Gasteiger partial charge in [0.25, 0.3) is 0 Å². The van der Waals surface area contributed by atoms with Crippen molar-refractivity contribution in [3.8, 4) is 0 Å². The predicted molar refractivity (Wildman–Crippen MR) is 73.5 cm³/mol. The zero-order valence-electron chi connectivity index (χ0n) is 10.6.